The molecule has 0 saturated heterocycles. The first-order valence-electron chi connectivity index (χ1n) is 3.01. The molecular formula is C6H11N3. The van der Waals surface area contributed by atoms with E-state index in [1.807, 2.05) is 0 Å². The van der Waals surface area contributed by atoms with Crippen molar-refractivity contribution in [3.05, 3.63) is 11.8 Å². The third-order valence-electron chi connectivity index (χ3n) is 1.37. The van der Waals surface area contributed by atoms with Crippen molar-refractivity contribution >= 4 is 5.84 Å². The van der Waals surface area contributed by atoms with E-state index < -0.39 is 0 Å². The van der Waals surface area contributed by atoms with Crippen LogP contribution in [0.5, 0.6) is 0 Å². The summed E-state index contributed by atoms with van der Waals surface area (Å²) in [5.41, 5.74) is 11.4. The third-order valence-corrected chi connectivity index (χ3v) is 1.37. The SMILES string of the molecule is N=C(N)/C=C(\N)C1CC1. The van der Waals surface area contributed by atoms with E-state index in [4.69, 9.17) is 16.9 Å². The van der Waals surface area contributed by atoms with Crippen LogP contribution in [0.25, 0.3) is 0 Å². The Morgan fingerprint density at radius 2 is 2.00 bits per heavy atom. The molecule has 50 valence electrons. The Morgan fingerprint density at radius 1 is 1.44 bits per heavy atom. The Bertz CT molecular complexity index is 156. The van der Waals surface area contributed by atoms with Gasteiger partial charge in [-0.15, -0.1) is 0 Å². The second-order valence-corrected chi connectivity index (χ2v) is 2.37. The highest BCUT2D eigenvalue weighted by Crippen LogP contribution is 2.33. The molecule has 0 aromatic heterocycles. The molecule has 0 bridgehead atoms. The van der Waals surface area contributed by atoms with Crippen LogP contribution < -0.4 is 11.5 Å². The summed E-state index contributed by atoms with van der Waals surface area (Å²) in [5.74, 6) is 0.577. The van der Waals surface area contributed by atoms with Gasteiger partial charge in [0.2, 0.25) is 0 Å². The maximum Gasteiger partial charge on any atom is 0.117 e. The lowest BCUT2D eigenvalue weighted by molar-refractivity contribution is 0.982. The largest absolute Gasteiger partial charge is 0.402 e. The number of amidine groups is 1. The van der Waals surface area contributed by atoms with Gasteiger partial charge in [-0.2, -0.15) is 0 Å². The van der Waals surface area contributed by atoms with E-state index in [9.17, 15) is 0 Å². The lowest BCUT2D eigenvalue weighted by Crippen LogP contribution is -2.10. The fourth-order valence-electron chi connectivity index (χ4n) is 0.714. The molecule has 0 atom stereocenters. The van der Waals surface area contributed by atoms with Crippen LogP contribution in [0.3, 0.4) is 0 Å². The summed E-state index contributed by atoms with van der Waals surface area (Å²) in [7, 11) is 0. The van der Waals surface area contributed by atoms with Crippen molar-refractivity contribution < 1.29 is 0 Å². The molecule has 1 aliphatic rings. The zero-order valence-electron chi connectivity index (χ0n) is 5.22. The summed E-state index contributed by atoms with van der Waals surface area (Å²) in [6.45, 7) is 0. The topological polar surface area (TPSA) is 75.9 Å². The zero-order valence-corrected chi connectivity index (χ0v) is 5.22. The van der Waals surface area contributed by atoms with E-state index in [2.05, 4.69) is 0 Å². The van der Waals surface area contributed by atoms with Crippen molar-refractivity contribution in [1.82, 2.24) is 0 Å². The van der Waals surface area contributed by atoms with Gasteiger partial charge >= 0.3 is 0 Å². The molecule has 1 fully saturated rings. The molecule has 3 nitrogen and oxygen atoms in total. The highest BCUT2D eigenvalue weighted by atomic mass is 14.7. The maximum absolute atomic E-state index is 6.87. The molecular weight excluding hydrogens is 114 g/mol. The third kappa shape index (κ3) is 1.76. The molecule has 0 spiro atoms. The number of hydrogen-bond donors (Lipinski definition) is 3. The van der Waals surface area contributed by atoms with E-state index in [0.717, 1.165) is 18.5 Å². The van der Waals surface area contributed by atoms with E-state index in [1.54, 1.807) is 0 Å². The first-order chi connectivity index (χ1) is 4.20. The summed E-state index contributed by atoms with van der Waals surface area (Å²) >= 11 is 0. The molecule has 5 N–H and O–H groups in total. The molecule has 0 unspecified atom stereocenters. The smallest absolute Gasteiger partial charge is 0.117 e. The molecule has 1 aliphatic carbocycles. The molecule has 0 aromatic carbocycles. The van der Waals surface area contributed by atoms with Crippen molar-refractivity contribution in [2.45, 2.75) is 12.8 Å². The van der Waals surface area contributed by atoms with Crippen molar-refractivity contribution in [2.24, 2.45) is 17.4 Å². The van der Waals surface area contributed by atoms with E-state index in [0.29, 0.717) is 5.92 Å². The number of nitrogens with two attached hydrogens (primary N) is 2. The summed E-state index contributed by atoms with van der Waals surface area (Å²) in [6, 6.07) is 0. The molecule has 9 heavy (non-hydrogen) atoms. The van der Waals surface area contributed by atoms with Crippen LogP contribution in [0.2, 0.25) is 0 Å². The maximum atomic E-state index is 6.87. The molecule has 1 rings (SSSR count). The van der Waals surface area contributed by atoms with Crippen LogP contribution in [0.15, 0.2) is 11.8 Å². The Labute approximate surface area is 54.2 Å². The molecule has 0 aliphatic heterocycles. The Hall–Kier alpha value is -0.990. The summed E-state index contributed by atoms with van der Waals surface area (Å²) in [6.07, 6.45) is 3.85. The predicted octanol–water partition coefficient (Wildman–Crippen LogP) is 0.175. The van der Waals surface area contributed by atoms with Gasteiger partial charge in [0.05, 0.1) is 0 Å². The van der Waals surface area contributed by atoms with Gasteiger partial charge in [-0.25, -0.2) is 0 Å². The molecule has 0 heterocycles. The van der Waals surface area contributed by atoms with Gasteiger partial charge in [0.15, 0.2) is 0 Å². The van der Waals surface area contributed by atoms with Crippen molar-refractivity contribution in [3.63, 3.8) is 0 Å². The Balaban J connectivity index is 2.47. The standard InChI is InChI=1S/C6H11N3/c7-5(3-6(8)9)4-1-2-4/h3-4H,1-2,7H2,(H3,8,9)/b5-3-. The van der Waals surface area contributed by atoms with Crippen LogP contribution >= 0.6 is 0 Å². The van der Waals surface area contributed by atoms with Crippen LogP contribution in [0.1, 0.15) is 12.8 Å². The molecule has 1 saturated carbocycles. The van der Waals surface area contributed by atoms with E-state index >= 15 is 0 Å². The van der Waals surface area contributed by atoms with Crippen molar-refractivity contribution in [1.29, 1.82) is 5.41 Å². The van der Waals surface area contributed by atoms with E-state index in [-0.39, 0.29) is 5.84 Å². The van der Waals surface area contributed by atoms with Crippen molar-refractivity contribution in [3.8, 4) is 0 Å². The number of allylic oxidation sites excluding steroid dienone is 1. The van der Waals surface area contributed by atoms with Crippen LogP contribution in [-0.4, -0.2) is 5.84 Å². The minimum atomic E-state index is 0.0550. The number of hydrogen-bond acceptors (Lipinski definition) is 2. The minimum Gasteiger partial charge on any atom is -0.402 e. The molecule has 0 aromatic rings. The summed E-state index contributed by atoms with van der Waals surface area (Å²) < 4.78 is 0. The normalized spacial score (nSPS) is 19.8. The van der Waals surface area contributed by atoms with E-state index in [1.165, 1.54) is 6.08 Å². The predicted molar refractivity (Wildman–Crippen MR) is 36.9 cm³/mol. The van der Waals surface area contributed by atoms with Gasteiger partial charge in [-0.3, -0.25) is 5.41 Å². The van der Waals surface area contributed by atoms with Gasteiger partial charge in [-0.1, -0.05) is 0 Å². The van der Waals surface area contributed by atoms with Gasteiger partial charge in [-0.05, 0) is 24.8 Å². The molecule has 3 heteroatoms. The zero-order chi connectivity index (χ0) is 6.85. The second kappa shape index (κ2) is 2.09. The average Bonchev–Trinajstić information content (AvgIpc) is 2.40. The van der Waals surface area contributed by atoms with Crippen LogP contribution in [0, 0.1) is 11.3 Å². The lowest BCUT2D eigenvalue weighted by atomic mass is 10.3. The molecule has 0 radical (unpaired) electrons. The fraction of sp³-hybridized carbons (Fsp3) is 0.500. The summed E-state index contributed by atoms with van der Waals surface area (Å²) in [4.78, 5) is 0. The highest BCUT2D eigenvalue weighted by molar-refractivity contribution is 5.89. The summed E-state index contributed by atoms with van der Waals surface area (Å²) in [5, 5.41) is 6.87. The monoisotopic (exact) mass is 125 g/mol. The van der Waals surface area contributed by atoms with Gasteiger partial charge < -0.3 is 11.5 Å². The average molecular weight is 125 g/mol. The molecule has 0 amide bonds. The van der Waals surface area contributed by atoms with Gasteiger partial charge in [0, 0.05) is 5.70 Å². The first kappa shape index (κ1) is 6.13. The quantitative estimate of drug-likeness (QED) is 0.363. The van der Waals surface area contributed by atoms with Gasteiger partial charge in [0.1, 0.15) is 5.84 Å². The second-order valence-electron chi connectivity index (χ2n) is 2.37. The number of nitrogens with one attached hydrogen (secondary N) is 1. The number of rotatable bonds is 2. The fourth-order valence-corrected chi connectivity index (χ4v) is 0.714. The van der Waals surface area contributed by atoms with Gasteiger partial charge in [0.25, 0.3) is 0 Å². The van der Waals surface area contributed by atoms with Crippen molar-refractivity contribution in [2.75, 3.05) is 0 Å². The van der Waals surface area contributed by atoms with Crippen LogP contribution in [-0.2, 0) is 0 Å². The Kier molecular flexibility index (Phi) is 1.42. The lowest BCUT2D eigenvalue weighted by Gasteiger charge is -1.93. The highest BCUT2D eigenvalue weighted by Gasteiger charge is 2.23. The Morgan fingerprint density at radius 3 is 2.33 bits per heavy atom. The van der Waals surface area contributed by atoms with Crippen LogP contribution in [0.4, 0.5) is 0 Å². The first-order valence-corrected chi connectivity index (χ1v) is 3.01. The minimum absolute atomic E-state index is 0.0550.